The number of aryl methyl sites for hydroxylation is 1. The summed E-state index contributed by atoms with van der Waals surface area (Å²) < 4.78 is 10.4. The van der Waals surface area contributed by atoms with Gasteiger partial charge in [-0.2, -0.15) is 4.98 Å². The van der Waals surface area contributed by atoms with E-state index < -0.39 is 0 Å². The summed E-state index contributed by atoms with van der Waals surface area (Å²) in [5.41, 5.74) is 0.717. The molecule has 1 aromatic carbocycles. The van der Waals surface area contributed by atoms with Gasteiger partial charge in [0.15, 0.2) is 5.82 Å². The Morgan fingerprint density at radius 3 is 3.12 bits per heavy atom. The van der Waals surface area contributed by atoms with Crippen molar-refractivity contribution in [3.63, 3.8) is 0 Å². The molecule has 0 radical (unpaired) electrons. The fourth-order valence-corrected chi connectivity index (χ4v) is 2.85. The molecule has 0 aliphatic carbocycles. The van der Waals surface area contributed by atoms with Gasteiger partial charge in [0, 0.05) is 37.2 Å². The Morgan fingerprint density at radius 1 is 1.50 bits per heavy atom. The summed E-state index contributed by atoms with van der Waals surface area (Å²) in [4.78, 5) is 18.7. The van der Waals surface area contributed by atoms with Gasteiger partial charge in [-0.05, 0) is 25.0 Å². The Morgan fingerprint density at radius 2 is 2.38 bits per heavy atom. The number of aromatic nitrogens is 2. The predicted molar refractivity (Wildman–Crippen MR) is 89.2 cm³/mol. The first-order chi connectivity index (χ1) is 11.7. The number of anilines is 1. The van der Waals surface area contributed by atoms with Crippen LogP contribution in [0.1, 0.15) is 37.4 Å². The molecule has 1 fully saturated rings. The molecule has 1 aromatic heterocycles. The van der Waals surface area contributed by atoms with Crippen molar-refractivity contribution < 1.29 is 14.1 Å². The minimum absolute atomic E-state index is 0.118. The largest absolute Gasteiger partial charge is 0.497 e. The molecule has 1 saturated heterocycles. The Hall–Kier alpha value is -2.57. The lowest BCUT2D eigenvalue weighted by Gasteiger charge is -2.31. The number of methoxy groups -OCH3 is 1. The van der Waals surface area contributed by atoms with E-state index in [2.05, 4.69) is 15.5 Å². The zero-order valence-electron chi connectivity index (χ0n) is 14.0. The lowest BCUT2D eigenvalue weighted by atomic mass is 9.97. The highest BCUT2D eigenvalue weighted by Gasteiger charge is 2.28. The Kier molecular flexibility index (Phi) is 4.98. The number of rotatable bonds is 4. The second kappa shape index (κ2) is 7.33. The van der Waals surface area contributed by atoms with Crippen molar-refractivity contribution in [2.75, 3.05) is 25.5 Å². The summed E-state index contributed by atoms with van der Waals surface area (Å²) >= 11 is 0. The van der Waals surface area contributed by atoms with E-state index in [1.54, 1.807) is 18.1 Å². The molecular weight excluding hydrogens is 308 g/mol. The average molecular weight is 330 g/mol. The van der Waals surface area contributed by atoms with E-state index in [4.69, 9.17) is 9.26 Å². The number of likely N-dealkylation sites (tertiary alicyclic amines) is 1. The van der Waals surface area contributed by atoms with Crippen molar-refractivity contribution in [1.82, 2.24) is 15.0 Å². The maximum Gasteiger partial charge on any atom is 0.321 e. The minimum atomic E-state index is -0.118. The van der Waals surface area contributed by atoms with Gasteiger partial charge in [-0.1, -0.05) is 18.1 Å². The molecule has 1 N–H and O–H groups in total. The molecule has 1 aliphatic rings. The van der Waals surface area contributed by atoms with E-state index in [-0.39, 0.29) is 11.9 Å². The fourth-order valence-electron chi connectivity index (χ4n) is 2.85. The zero-order valence-corrected chi connectivity index (χ0v) is 14.0. The topological polar surface area (TPSA) is 80.5 Å². The predicted octanol–water partition coefficient (Wildman–Crippen LogP) is 3.05. The summed E-state index contributed by atoms with van der Waals surface area (Å²) in [5, 5.41) is 6.97. The molecule has 3 rings (SSSR count). The van der Waals surface area contributed by atoms with Crippen molar-refractivity contribution in [3.8, 4) is 5.75 Å². The molecule has 1 atom stereocenters. The minimum Gasteiger partial charge on any atom is -0.497 e. The molecule has 0 bridgehead atoms. The van der Waals surface area contributed by atoms with Gasteiger partial charge in [0.1, 0.15) is 5.75 Å². The van der Waals surface area contributed by atoms with Crippen LogP contribution in [0.25, 0.3) is 0 Å². The molecule has 1 aliphatic heterocycles. The van der Waals surface area contributed by atoms with E-state index in [0.717, 1.165) is 25.8 Å². The number of carbonyl (C=O) groups excluding carboxylic acids is 1. The highest BCUT2D eigenvalue weighted by molar-refractivity contribution is 5.89. The number of hydrogen-bond donors (Lipinski definition) is 1. The first-order valence-electron chi connectivity index (χ1n) is 8.22. The molecule has 0 saturated carbocycles. The van der Waals surface area contributed by atoms with Crippen LogP contribution in [0.15, 0.2) is 28.8 Å². The quantitative estimate of drug-likeness (QED) is 0.932. The van der Waals surface area contributed by atoms with E-state index in [0.29, 0.717) is 29.7 Å². The molecule has 2 amide bonds. The molecule has 7 heteroatoms. The Labute approximate surface area is 141 Å². The monoisotopic (exact) mass is 330 g/mol. The third kappa shape index (κ3) is 3.67. The maximum atomic E-state index is 12.5. The maximum absolute atomic E-state index is 12.5. The number of amides is 2. The Bertz CT molecular complexity index is 701. The summed E-state index contributed by atoms with van der Waals surface area (Å²) in [7, 11) is 1.60. The molecular formula is C17H22N4O3. The summed E-state index contributed by atoms with van der Waals surface area (Å²) in [6.07, 6.45) is 2.61. The lowest BCUT2D eigenvalue weighted by Crippen LogP contribution is -2.41. The number of piperidine rings is 1. The van der Waals surface area contributed by atoms with Crippen molar-refractivity contribution in [3.05, 3.63) is 36.0 Å². The van der Waals surface area contributed by atoms with Crippen molar-refractivity contribution in [1.29, 1.82) is 0 Å². The van der Waals surface area contributed by atoms with Gasteiger partial charge < -0.3 is 19.5 Å². The van der Waals surface area contributed by atoms with Crippen molar-refractivity contribution >= 4 is 11.7 Å². The average Bonchev–Trinajstić information content (AvgIpc) is 3.11. The number of ether oxygens (including phenoxy) is 1. The van der Waals surface area contributed by atoms with Gasteiger partial charge in [0.25, 0.3) is 0 Å². The third-order valence-electron chi connectivity index (χ3n) is 4.18. The van der Waals surface area contributed by atoms with Crippen LogP contribution in [-0.2, 0) is 6.42 Å². The molecule has 0 spiro atoms. The van der Waals surface area contributed by atoms with Crippen LogP contribution in [-0.4, -0.2) is 41.3 Å². The number of benzene rings is 1. The first kappa shape index (κ1) is 16.3. The van der Waals surface area contributed by atoms with Gasteiger partial charge in [-0.15, -0.1) is 0 Å². The summed E-state index contributed by atoms with van der Waals surface area (Å²) in [6, 6.07) is 7.21. The van der Waals surface area contributed by atoms with Crippen LogP contribution in [0, 0.1) is 0 Å². The normalized spacial score (nSPS) is 17.6. The van der Waals surface area contributed by atoms with Crippen LogP contribution < -0.4 is 10.1 Å². The summed E-state index contributed by atoms with van der Waals surface area (Å²) in [5.74, 6) is 2.18. The van der Waals surface area contributed by atoms with E-state index >= 15 is 0 Å². The second-order valence-electron chi connectivity index (χ2n) is 5.85. The number of carbonyl (C=O) groups is 1. The van der Waals surface area contributed by atoms with Crippen LogP contribution >= 0.6 is 0 Å². The van der Waals surface area contributed by atoms with Crippen molar-refractivity contribution in [2.45, 2.75) is 32.1 Å². The van der Waals surface area contributed by atoms with E-state index in [1.165, 1.54) is 0 Å². The third-order valence-corrected chi connectivity index (χ3v) is 4.18. The SMILES string of the molecule is CCc1nc([C@@H]2CCCN(C(=O)Nc3cccc(OC)c3)C2)no1. The summed E-state index contributed by atoms with van der Waals surface area (Å²) in [6.45, 7) is 3.30. The molecule has 2 aromatic rings. The number of urea groups is 1. The van der Waals surface area contributed by atoms with Gasteiger partial charge >= 0.3 is 6.03 Å². The number of nitrogens with zero attached hydrogens (tertiary/aromatic N) is 3. The van der Waals surface area contributed by atoms with Crippen molar-refractivity contribution in [2.24, 2.45) is 0 Å². The highest BCUT2D eigenvalue weighted by atomic mass is 16.5. The molecule has 0 unspecified atom stereocenters. The van der Waals surface area contributed by atoms with Crippen LogP contribution in [0.2, 0.25) is 0 Å². The zero-order chi connectivity index (χ0) is 16.9. The molecule has 128 valence electrons. The van der Waals surface area contributed by atoms with Gasteiger partial charge in [0.05, 0.1) is 7.11 Å². The highest BCUT2D eigenvalue weighted by Crippen LogP contribution is 2.26. The standard InChI is InChI=1S/C17H22N4O3/c1-3-15-19-16(20-24-15)12-6-5-9-21(11-12)17(22)18-13-7-4-8-14(10-13)23-2/h4,7-8,10,12H,3,5-6,9,11H2,1-2H3,(H,18,22)/t12-/m1/s1. The fraction of sp³-hybridized carbons (Fsp3) is 0.471. The van der Waals surface area contributed by atoms with Gasteiger partial charge in [-0.25, -0.2) is 4.79 Å². The van der Waals surface area contributed by atoms with Crippen LogP contribution in [0.4, 0.5) is 10.5 Å². The lowest BCUT2D eigenvalue weighted by molar-refractivity contribution is 0.190. The van der Waals surface area contributed by atoms with E-state index in [1.807, 2.05) is 25.1 Å². The Balaban J connectivity index is 1.64. The second-order valence-corrected chi connectivity index (χ2v) is 5.85. The first-order valence-corrected chi connectivity index (χ1v) is 8.22. The van der Waals surface area contributed by atoms with Crippen LogP contribution in [0.5, 0.6) is 5.75 Å². The van der Waals surface area contributed by atoms with Gasteiger partial charge in [-0.3, -0.25) is 0 Å². The molecule has 2 heterocycles. The number of hydrogen-bond acceptors (Lipinski definition) is 5. The smallest absolute Gasteiger partial charge is 0.321 e. The molecule has 24 heavy (non-hydrogen) atoms. The van der Waals surface area contributed by atoms with E-state index in [9.17, 15) is 4.79 Å². The molecule has 7 nitrogen and oxygen atoms in total. The number of nitrogens with one attached hydrogen (secondary N) is 1. The van der Waals surface area contributed by atoms with Crippen LogP contribution in [0.3, 0.4) is 0 Å². The van der Waals surface area contributed by atoms with Gasteiger partial charge in [0.2, 0.25) is 5.89 Å².